The van der Waals surface area contributed by atoms with Gasteiger partial charge in [0, 0.05) is 6.54 Å². The van der Waals surface area contributed by atoms with Gasteiger partial charge in [0.25, 0.3) is 10.1 Å². The summed E-state index contributed by atoms with van der Waals surface area (Å²) in [6, 6.07) is 18.9. The first-order valence-electron chi connectivity index (χ1n) is 9.40. The monoisotopic (exact) mass is 419 g/mol. The van der Waals surface area contributed by atoms with Gasteiger partial charge in [-0.05, 0) is 39.1 Å². The van der Waals surface area contributed by atoms with Gasteiger partial charge in [-0.3, -0.25) is 4.55 Å². The summed E-state index contributed by atoms with van der Waals surface area (Å²) >= 11 is 0. The van der Waals surface area contributed by atoms with Crippen molar-refractivity contribution in [2.45, 2.75) is 25.9 Å². The molecule has 0 unspecified atom stereocenters. The SMILES string of the molecule is CC(C)C(CO)(CO)NCc1c2ccccc2cc2ccccc12.CS(=O)(=O)O. The number of aliphatic hydroxyl groups excluding tert-OH is 2. The minimum Gasteiger partial charge on any atom is -0.394 e. The quantitative estimate of drug-likeness (QED) is 0.361. The molecule has 0 bridgehead atoms. The van der Waals surface area contributed by atoms with E-state index < -0.39 is 15.7 Å². The van der Waals surface area contributed by atoms with Crippen molar-refractivity contribution in [3.8, 4) is 0 Å². The summed E-state index contributed by atoms with van der Waals surface area (Å²) < 4.78 is 25.9. The summed E-state index contributed by atoms with van der Waals surface area (Å²) in [5.74, 6) is 0.119. The van der Waals surface area contributed by atoms with Crippen LogP contribution in [0.4, 0.5) is 0 Å². The molecule has 0 fully saturated rings. The molecule has 0 amide bonds. The van der Waals surface area contributed by atoms with Gasteiger partial charge in [0.2, 0.25) is 0 Å². The number of fused-ring (bicyclic) bond motifs is 2. The molecule has 3 aromatic carbocycles. The highest BCUT2D eigenvalue weighted by molar-refractivity contribution is 7.85. The molecule has 0 saturated carbocycles. The van der Waals surface area contributed by atoms with Crippen LogP contribution in [0, 0.1) is 5.92 Å². The van der Waals surface area contributed by atoms with Crippen LogP contribution in [-0.2, 0) is 16.7 Å². The molecule has 158 valence electrons. The molecule has 0 heterocycles. The standard InChI is InChI=1S/C21H25NO2.CH4O3S/c1-15(2)21(13-23,14-24)22-12-20-18-9-5-3-7-16(18)11-17-8-4-6-10-19(17)20;1-5(2,3)4/h3-11,15,22-24H,12-14H2,1-2H3;1H3,(H,2,3,4). The van der Waals surface area contributed by atoms with Gasteiger partial charge >= 0.3 is 0 Å². The Hall–Kier alpha value is -2.03. The highest BCUT2D eigenvalue weighted by Crippen LogP contribution is 2.29. The first-order chi connectivity index (χ1) is 13.6. The molecule has 0 aliphatic heterocycles. The van der Waals surface area contributed by atoms with Gasteiger partial charge in [-0.1, -0.05) is 62.4 Å². The first-order valence-corrected chi connectivity index (χ1v) is 11.2. The van der Waals surface area contributed by atoms with Crippen molar-refractivity contribution in [1.29, 1.82) is 0 Å². The van der Waals surface area contributed by atoms with Crippen molar-refractivity contribution in [3.05, 3.63) is 60.2 Å². The number of benzene rings is 3. The molecule has 6 nitrogen and oxygen atoms in total. The normalized spacial score (nSPS) is 12.2. The summed E-state index contributed by atoms with van der Waals surface area (Å²) in [5.41, 5.74) is 0.522. The zero-order valence-corrected chi connectivity index (χ0v) is 17.8. The van der Waals surface area contributed by atoms with Crippen LogP contribution >= 0.6 is 0 Å². The minimum atomic E-state index is -3.67. The van der Waals surface area contributed by atoms with Gasteiger partial charge in [-0.2, -0.15) is 8.42 Å². The minimum absolute atomic E-state index is 0.0934. The second-order valence-corrected chi connectivity index (χ2v) is 8.98. The van der Waals surface area contributed by atoms with E-state index in [4.69, 9.17) is 4.55 Å². The van der Waals surface area contributed by atoms with Crippen LogP contribution in [0.15, 0.2) is 54.6 Å². The molecule has 0 atom stereocenters. The fraction of sp³-hybridized carbons (Fsp3) is 0.364. The predicted octanol–water partition coefficient (Wildman–Crippen LogP) is 2.97. The lowest BCUT2D eigenvalue weighted by Gasteiger charge is -2.35. The van der Waals surface area contributed by atoms with Crippen LogP contribution in [0.1, 0.15) is 19.4 Å². The molecule has 3 rings (SSSR count). The smallest absolute Gasteiger partial charge is 0.261 e. The van der Waals surface area contributed by atoms with E-state index in [9.17, 15) is 18.6 Å². The average molecular weight is 420 g/mol. The maximum absolute atomic E-state index is 9.83. The number of hydrogen-bond acceptors (Lipinski definition) is 5. The molecule has 3 aromatic rings. The van der Waals surface area contributed by atoms with E-state index in [-0.39, 0.29) is 19.1 Å². The van der Waals surface area contributed by atoms with Crippen molar-refractivity contribution in [2.24, 2.45) is 5.92 Å². The molecule has 0 aliphatic rings. The highest BCUT2D eigenvalue weighted by Gasteiger charge is 2.32. The molecule has 0 saturated heterocycles. The van der Waals surface area contributed by atoms with Crippen LogP contribution in [0.25, 0.3) is 21.5 Å². The number of aliphatic hydroxyl groups is 2. The molecule has 0 radical (unpaired) electrons. The van der Waals surface area contributed by atoms with E-state index in [1.165, 1.54) is 27.1 Å². The number of nitrogens with one attached hydrogen (secondary N) is 1. The van der Waals surface area contributed by atoms with Gasteiger partial charge in [0.1, 0.15) is 0 Å². The van der Waals surface area contributed by atoms with E-state index in [1.54, 1.807) is 0 Å². The average Bonchev–Trinajstić information content (AvgIpc) is 2.66. The Morgan fingerprint density at radius 1 is 0.931 bits per heavy atom. The Morgan fingerprint density at radius 2 is 1.34 bits per heavy atom. The Kier molecular flexibility index (Phi) is 7.73. The van der Waals surface area contributed by atoms with E-state index >= 15 is 0 Å². The summed E-state index contributed by atoms with van der Waals surface area (Å²) in [6.07, 6.45) is 0.715. The van der Waals surface area contributed by atoms with E-state index in [2.05, 4.69) is 35.6 Å². The van der Waals surface area contributed by atoms with Crippen molar-refractivity contribution in [2.75, 3.05) is 19.5 Å². The van der Waals surface area contributed by atoms with Crippen LogP contribution < -0.4 is 5.32 Å². The van der Waals surface area contributed by atoms with Gasteiger partial charge in [0.15, 0.2) is 0 Å². The zero-order chi connectivity index (χ0) is 21.7. The lowest BCUT2D eigenvalue weighted by Crippen LogP contribution is -2.55. The molecule has 0 aromatic heterocycles. The summed E-state index contributed by atoms with van der Waals surface area (Å²) in [6.45, 7) is 4.44. The molecule has 0 spiro atoms. The first kappa shape index (κ1) is 23.3. The van der Waals surface area contributed by atoms with Gasteiger partial charge in [-0.25, -0.2) is 0 Å². The summed E-state index contributed by atoms with van der Waals surface area (Å²) in [5, 5.41) is 27.9. The van der Waals surface area contributed by atoms with Gasteiger partial charge in [-0.15, -0.1) is 0 Å². The highest BCUT2D eigenvalue weighted by atomic mass is 32.2. The Morgan fingerprint density at radius 3 is 1.72 bits per heavy atom. The lowest BCUT2D eigenvalue weighted by molar-refractivity contribution is 0.0552. The maximum atomic E-state index is 9.83. The molecule has 29 heavy (non-hydrogen) atoms. The van der Waals surface area contributed by atoms with Crippen LogP contribution in [0.3, 0.4) is 0 Å². The largest absolute Gasteiger partial charge is 0.394 e. The van der Waals surface area contributed by atoms with Crippen molar-refractivity contribution >= 4 is 31.7 Å². The van der Waals surface area contributed by atoms with Crippen LogP contribution in [-0.4, -0.2) is 48.2 Å². The third kappa shape index (κ3) is 5.98. The molecule has 0 aliphatic carbocycles. The summed E-state index contributed by atoms with van der Waals surface area (Å²) in [7, 11) is -3.67. The van der Waals surface area contributed by atoms with Gasteiger partial charge in [0.05, 0.1) is 25.0 Å². The van der Waals surface area contributed by atoms with Gasteiger partial charge < -0.3 is 15.5 Å². The number of hydrogen-bond donors (Lipinski definition) is 4. The van der Waals surface area contributed by atoms with E-state index in [0.717, 1.165) is 0 Å². The number of rotatable bonds is 6. The molecular weight excluding hydrogens is 390 g/mol. The fourth-order valence-corrected chi connectivity index (χ4v) is 3.29. The van der Waals surface area contributed by atoms with Crippen molar-refractivity contribution in [1.82, 2.24) is 5.32 Å². The molecule has 4 N–H and O–H groups in total. The third-order valence-electron chi connectivity index (χ3n) is 5.17. The molecule has 7 heteroatoms. The Balaban J connectivity index is 0.000000537. The van der Waals surface area contributed by atoms with E-state index in [1.807, 2.05) is 38.1 Å². The zero-order valence-electron chi connectivity index (χ0n) is 17.0. The van der Waals surface area contributed by atoms with Crippen molar-refractivity contribution in [3.63, 3.8) is 0 Å². The molecular formula is C22H29NO5S. The second-order valence-electron chi connectivity index (χ2n) is 7.51. The third-order valence-corrected chi connectivity index (χ3v) is 5.17. The Bertz CT molecular complexity index is 997. The van der Waals surface area contributed by atoms with Crippen LogP contribution in [0.2, 0.25) is 0 Å². The summed E-state index contributed by atoms with van der Waals surface area (Å²) in [4.78, 5) is 0. The maximum Gasteiger partial charge on any atom is 0.261 e. The van der Waals surface area contributed by atoms with E-state index in [0.29, 0.717) is 12.8 Å². The topological polar surface area (TPSA) is 107 Å². The fourth-order valence-electron chi connectivity index (χ4n) is 3.29. The predicted molar refractivity (Wildman–Crippen MR) is 118 cm³/mol. The van der Waals surface area contributed by atoms with Crippen LogP contribution in [0.5, 0.6) is 0 Å². The Labute approximate surface area is 171 Å². The second kappa shape index (κ2) is 9.65. The van der Waals surface area contributed by atoms with Crippen molar-refractivity contribution < 1.29 is 23.2 Å². The lowest BCUT2D eigenvalue weighted by atomic mass is 9.87.